The molecule has 1 atom stereocenters. The van der Waals surface area contributed by atoms with Crippen LogP contribution in [0.5, 0.6) is 0 Å². The molecule has 4 rings (SSSR count). The summed E-state index contributed by atoms with van der Waals surface area (Å²) >= 11 is 0. The van der Waals surface area contributed by atoms with Crippen LogP contribution in [0.25, 0.3) is 11.0 Å². The summed E-state index contributed by atoms with van der Waals surface area (Å²) in [5.41, 5.74) is 2.08. The lowest BCUT2D eigenvalue weighted by Gasteiger charge is -2.24. The van der Waals surface area contributed by atoms with Crippen LogP contribution in [0.3, 0.4) is 0 Å². The van der Waals surface area contributed by atoms with Gasteiger partial charge in [0.15, 0.2) is 0 Å². The van der Waals surface area contributed by atoms with E-state index in [-0.39, 0.29) is 5.82 Å². The molecule has 0 bridgehead atoms. The van der Waals surface area contributed by atoms with Gasteiger partial charge in [0.05, 0.1) is 11.0 Å². The number of hydrogen-bond donors (Lipinski definition) is 1. The Kier molecular flexibility index (Phi) is 4.01. The Morgan fingerprint density at radius 3 is 2.42 bits per heavy atom. The first-order valence-corrected chi connectivity index (χ1v) is 8.39. The zero-order chi connectivity index (χ0) is 18.1. The summed E-state index contributed by atoms with van der Waals surface area (Å²) in [6, 6.07) is 17.7. The van der Waals surface area contributed by atoms with E-state index in [1.54, 1.807) is 43.6 Å². The van der Waals surface area contributed by atoms with Crippen molar-refractivity contribution in [2.75, 3.05) is 0 Å². The van der Waals surface area contributed by atoms with Crippen LogP contribution in [-0.2, 0) is 12.1 Å². The monoisotopic (exact) mass is 347 g/mol. The lowest BCUT2D eigenvalue weighted by Crippen LogP contribution is -2.28. The molecule has 0 radical (unpaired) electrons. The maximum absolute atomic E-state index is 13.2. The molecule has 0 saturated heterocycles. The summed E-state index contributed by atoms with van der Waals surface area (Å²) < 4.78 is 15.2. The molecule has 0 aliphatic heterocycles. The number of para-hydroxylation sites is 2. The van der Waals surface area contributed by atoms with Gasteiger partial charge in [0.2, 0.25) is 0 Å². The predicted molar refractivity (Wildman–Crippen MR) is 98.1 cm³/mol. The minimum atomic E-state index is -1.29. The minimum absolute atomic E-state index is 0.270. The van der Waals surface area contributed by atoms with Gasteiger partial charge in [-0.05, 0) is 54.4 Å². The van der Waals surface area contributed by atoms with Gasteiger partial charge in [-0.15, -0.1) is 0 Å². The summed E-state index contributed by atoms with van der Waals surface area (Å²) in [4.78, 5) is 8.71. The van der Waals surface area contributed by atoms with Gasteiger partial charge in [0.1, 0.15) is 17.2 Å². The lowest BCUT2D eigenvalue weighted by atomic mass is 9.96. The van der Waals surface area contributed by atoms with Crippen molar-refractivity contribution >= 4 is 11.0 Å². The zero-order valence-corrected chi connectivity index (χ0v) is 14.3. The van der Waals surface area contributed by atoms with Crippen molar-refractivity contribution in [2.45, 2.75) is 19.1 Å². The van der Waals surface area contributed by atoms with Crippen LogP contribution < -0.4 is 0 Å². The second-order valence-electron chi connectivity index (χ2n) is 6.44. The SMILES string of the molecule is CC(O)(c1ccncc1)c1nc2ccccc2n1Cc1ccc(F)cc1. The van der Waals surface area contributed by atoms with E-state index in [1.807, 2.05) is 28.8 Å². The number of benzene rings is 2. The summed E-state index contributed by atoms with van der Waals surface area (Å²) in [6.07, 6.45) is 3.30. The molecule has 4 aromatic rings. The van der Waals surface area contributed by atoms with Gasteiger partial charge >= 0.3 is 0 Å². The van der Waals surface area contributed by atoms with Crippen LogP contribution in [0.15, 0.2) is 73.1 Å². The maximum atomic E-state index is 13.2. The van der Waals surface area contributed by atoms with Crippen molar-refractivity contribution in [1.82, 2.24) is 14.5 Å². The molecule has 0 aliphatic carbocycles. The molecular weight excluding hydrogens is 329 g/mol. The third kappa shape index (κ3) is 2.86. The Morgan fingerprint density at radius 2 is 1.69 bits per heavy atom. The normalized spacial score (nSPS) is 13.7. The second-order valence-corrected chi connectivity index (χ2v) is 6.44. The molecular formula is C21H18FN3O. The highest BCUT2D eigenvalue weighted by Crippen LogP contribution is 2.31. The van der Waals surface area contributed by atoms with Crippen LogP contribution in [-0.4, -0.2) is 19.6 Å². The largest absolute Gasteiger partial charge is 0.377 e. The van der Waals surface area contributed by atoms with Crippen molar-refractivity contribution in [1.29, 1.82) is 0 Å². The van der Waals surface area contributed by atoms with Crippen molar-refractivity contribution in [3.8, 4) is 0 Å². The molecule has 1 unspecified atom stereocenters. The maximum Gasteiger partial charge on any atom is 0.146 e. The van der Waals surface area contributed by atoms with E-state index in [4.69, 9.17) is 4.98 Å². The van der Waals surface area contributed by atoms with E-state index >= 15 is 0 Å². The van der Waals surface area contributed by atoms with Crippen LogP contribution in [0.4, 0.5) is 4.39 Å². The third-order valence-electron chi connectivity index (χ3n) is 4.59. The first-order chi connectivity index (χ1) is 12.6. The number of nitrogens with zero attached hydrogens (tertiary/aromatic N) is 3. The van der Waals surface area contributed by atoms with Gasteiger partial charge in [0.25, 0.3) is 0 Å². The topological polar surface area (TPSA) is 50.9 Å². The molecule has 0 saturated carbocycles. The number of aliphatic hydroxyl groups is 1. The van der Waals surface area contributed by atoms with E-state index in [2.05, 4.69) is 4.98 Å². The number of pyridine rings is 1. The fourth-order valence-corrected chi connectivity index (χ4v) is 3.19. The first-order valence-electron chi connectivity index (χ1n) is 8.39. The fraction of sp³-hybridized carbons (Fsp3) is 0.143. The van der Waals surface area contributed by atoms with Crippen LogP contribution in [0, 0.1) is 5.82 Å². The molecule has 26 heavy (non-hydrogen) atoms. The molecule has 5 heteroatoms. The van der Waals surface area contributed by atoms with Gasteiger partial charge in [-0.25, -0.2) is 9.37 Å². The van der Waals surface area contributed by atoms with Crippen molar-refractivity contribution in [2.24, 2.45) is 0 Å². The molecule has 0 aliphatic rings. The average Bonchev–Trinajstić information content (AvgIpc) is 3.04. The minimum Gasteiger partial charge on any atom is -0.377 e. The Morgan fingerprint density at radius 1 is 1.00 bits per heavy atom. The van der Waals surface area contributed by atoms with E-state index in [9.17, 15) is 9.50 Å². The van der Waals surface area contributed by atoms with Gasteiger partial charge in [-0.3, -0.25) is 4.98 Å². The predicted octanol–water partition coefficient (Wildman–Crippen LogP) is 3.87. The van der Waals surface area contributed by atoms with Gasteiger partial charge < -0.3 is 9.67 Å². The summed E-state index contributed by atoms with van der Waals surface area (Å²) in [6.45, 7) is 2.21. The highest BCUT2D eigenvalue weighted by Gasteiger charge is 2.32. The number of rotatable bonds is 4. The quantitative estimate of drug-likeness (QED) is 0.610. The van der Waals surface area contributed by atoms with E-state index in [0.717, 1.165) is 16.6 Å². The highest BCUT2D eigenvalue weighted by molar-refractivity contribution is 5.76. The number of aromatic nitrogens is 3. The molecule has 130 valence electrons. The number of imidazole rings is 1. The molecule has 0 spiro atoms. The van der Waals surface area contributed by atoms with Crippen LogP contribution in [0.2, 0.25) is 0 Å². The van der Waals surface area contributed by atoms with Gasteiger partial charge in [0, 0.05) is 18.9 Å². The number of fused-ring (bicyclic) bond motifs is 1. The first kappa shape index (κ1) is 16.4. The van der Waals surface area contributed by atoms with Crippen molar-refractivity contribution < 1.29 is 9.50 Å². The van der Waals surface area contributed by atoms with E-state index in [1.165, 1.54) is 12.1 Å². The molecule has 0 fully saturated rings. The van der Waals surface area contributed by atoms with Crippen LogP contribution >= 0.6 is 0 Å². The van der Waals surface area contributed by atoms with Gasteiger partial charge in [-0.2, -0.15) is 0 Å². The second kappa shape index (κ2) is 6.35. The smallest absolute Gasteiger partial charge is 0.146 e. The van der Waals surface area contributed by atoms with Crippen LogP contribution in [0.1, 0.15) is 23.9 Å². The summed E-state index contributed by atoms with van der Waals surface area (Å²) in [5.74, 6) is 0.266. The fourth-order valence-electron chi connectivity index (χ4n) is 3.19. The van der Waals surface area contributed by atoms with E-state index in [0.29, 0.717) is 17.9 Å². The average molecular weight is 347 g/mol. The number of hydrogen-bond acceptors (Lipinski definition) is 3. The zero-order valence-electron chi connectivity index (χ0n) is 14.3. The Hall–Kier alpha value is -3.05. The molecule has 2 aromatic carbocycles. The van der Waals surface area contributed by atoms with Crippen molar-refractivity contribution in [3.05, 3.63) is 95.8 Å². The third-order valence-corrected chi connectivity index (χ3v) is 4.59. The molecule has 2 aromatic heterocycles. The summed E-state index contributed by atoms with van der Waals surface area (Å²) in [5, 5.41) is 11.3. The molecule has 1 N–H and O–H groups in total. The molecule has 0 amide bonds. The van der Waals surface area contributed by atoms with Crippen molar-refractivity contribution in [3.63, 3.8) is 0 Å². The Bertz CT molecular complexity index is 1040. The molecule has 2 heterocycles. The summed E-state index contributed by atoms with van der Waals surface area (Å²) in [7, 11) is 0. The Labute approximate surface area is 150 Å². The number of halogens is 1. The lowest BCUT2D eigenvalue weighted by molar-refractivity contribution is 0.0889. The Balaban J connectivity index is 1.88. The highest BCUT2D eigenvalue weighted by atomic mass is 19.1. The standard InChI is InChI=1S/C21H18FN3O/c1-21(26,16-10-12-23-13-11-16)20-24-18-4-2-3-5-19(18)25(20)14-15-6-8-17(22)9-7-15/h2-13,26H,14H2,1H3. The molecule has 4 nitrogen and oxygen atoms in total. The van der Waals surface area contributed by atoms with Gasteiger partial charge in [-0.1, -0.05) is 24.3 Å². The van der Waals surface area contributed by atoms with E-state index < -0.39 is 5.60 Å².